The molecule has 0 radical (unpaired) electrons. The molecule has 19 heavy (non-hydrogen) atoms. The highest BCUT2D eigenvalue weighted by atomic mass is 19.1. The molecule has 0 unspecified atom stereocenters. The molecule has 0 fully saturated rings. The van der Waals surface area contributed by atoms with Crippen LogP contribution in [-0.4, -0.2) is 28.7 Å². The second kappa shape index (κ2) is 4.50. The van der Waals surface area contributed by atoms with Crippen LogP contribution in [0.15, 0.2) is 29.3 Å². The third-order valence-corrected chi connectivity index (χ3v) is 3.27. The lowest BCUT2D eigenvalue weighted by Crippen LogP contribution is -2.20. The summed E-state index contributed by atoms with van der Waals surface area (Å²) in [5.74, 6) is 0.663. The number of nitrogens with zero attached hydrogens (tertiary/aromatic N) is 3. The van der Waals surface area contributed by atoms with Crippen molar-refractivity contribution in [3.63, 3.8) is 0 Å². The van der Waals surface area contributed by atoms with Gasteiger partial charge in [-0.1, -0.05) is 0 Å². The molecule has 3 rings (SSSR count). The van der Waals surface area contributed by atoms with Crippen molar-refractivity contribution in [2.45, 2.75) is 13.8 Å². The average molecular weight is 258 g/mol. The second-order valence-corrected chi connectivity index (χ2v) is 4.59. The van der Waals surface area contributed by atoms with Gasteiger partial charge in [0.1, 0.15) is 11.7 Å². The Kier molecular flexibility index (Phi) is 2.81. The van der Waals surface area contributed by atoms with Crippen molar-refractivity contribution in [3.05, 3.63) is 47.0 Å². The maximum Gasteiger partial charge on any atom is 0.132 e. The number of halogens is 1. The zero-order valence-electron chi connectivity index (χ0n) is 10.9. The van der Waals surface area contributed by atoms with Crippen LogP contribution in [0.1, 0.15) is 17.0 Å². The van der Waals surface area contributed by atoms with Gasteiger partial charge in [0.15, 0.2) is 0 Å². The Hall–Kier alpha value is -2.17. The Labute approximate surface area is 111 Å². The molecule has 0 bridgehead atoms. The van der Waals surface area contributed by atoms with Crippen LogP contribution >= 0.6 is 0 Å². The van der Waals surface area contributed by atoms with Gasteiger partial charge in [-0.15, -0.1) is 0 Å². The SMILES string of the molecule is Cc1nn(-c2ccc(F)cc2)c(C)c1C1=NCCN1. The molecule has 1 aromatic heterocycles. The molecular weight excluding hydrogens is 243 g/mol. The fourth-order valence-corrected chi connectivity index (χ4v) is 2.38. The minimum atomic E-state index is -0.243. The number of hydrogen-bond donors (Lipinski definition) is 1. The number of aliphatic imine (C=N–C) groups is 1. The number of hydrogen-bond acceptors (Lipinski definition) is 3. The van der Waals surface area contributed by atoms with E-state index in [1.807, 2.05) is 18.5 Å². The number of rotatable bonds is 2. The standard InChI is InChI=1S/C14H15FN4/c1-9-13(14-16-7-8-17-14)10(2)19(18-9)12-5-3-11(15)4-6-12/h3-6H,7-8H2,1-2H3,(H,16,17). The lowest BCUT2D eigenvalue weighted by atomic mass is 10.2. The molecule has 5 heteroatoms. The van der Waals surface area contributed by atoms with Gasteiger partial charge in [-0.3, -0.25) is 4.99 Å². The van der Waals surface area contributed by atoms with Gasteiger partial charge in [0.25, 0.3) is 0 Å². The summed E-state index contributed by atoms with van der Waals surface area (Å²) in [6.45, 7) is 5.64. The predicted octanol–water partition coefficient (Wildman–Crippen LogP) is 1.98. The monoisotopic (exact) mass is 258 g/mol. The molecule has 98 valence electrons. The van der Waals surface area contributed by atoms with Crippen LogP contribution in [-0.2, 0) is 0 Å². The summed E-state index contributed by atoms with van der Waals surface area (Å²) in [5, 5.41) is 7.79. The maximum absolute atomic E-state index is 13.0. The highest BCUT2D eigenvalue weighted by Gasteiger charge is 2.19. The van der Waals surface area contributed by atoms with Crippen LogP contribution < -0.4 is 5.32 Å². The molecular formula is C14H15FN4. The zero-order valence-corrected chi connectivity index (χ0v) is 10.9. The third kappa shape index (κ3) is 2.01. The van der Waals surface area contributed by atoms with Crippen molar-refractivity contribution in [3.8, 4) is 5.69 Å². The smallest absolute Gasteiger partial charge is 0.132 e. The van der Waals surface area contributed by atoms with Crippen molar-refractivity contribution in [1.82, 2.24) is 15.1 Å². The van der Waals surface area contributed by atoms with Crippen LogP contribution in [0.4, 0.5) is 4.39 Å². The van der Waals surface area contributed by atoms with Crippen LogP contribution in [0.2, 0.25) is 0 Å². The Balaban J connectivity index is 2.09. The Morgan fingerprint density at radius 1 is 1.21 bits per heavy atom. The van der Waals surface area contributed by atoms with Crippen molar-refractivity contribution >= 4 is 5.84 Å². The minimum Gasteiger partial charge on any atom is -0.368 e. The van der Waals surface area contributed by atoms with E-state index >= 15 is 0 Å². The fourth-order valence-electron chi connectivity index (χ4n) is 2.38. The number of benzene rings is 1. The number of nitrogens with one attached hydrogen (secondary N) is 1. The number of amidine groups is 1. The summed E-state index contributed by atoms with van der Waals surface area (Å²) >= 11 is 0. The topological polar surface area (TPSA) is 42.2 Å². The van der Waals surface area contributed by atoms with E-state index in [0.29, 0.717) is 0 Å². The van der Waals surface area contributed by atoms with Gasteiger partial charge in [-0.25, -0.2) is 9.07 Å². The first kappa shape index (κ1) is 11.9. The Morgan fingerprint density at radius 2 is 1.95 bits per heavy atom. The van der Waals surface area contributed by atoms with E-state index in [2.05, 4.69) is 15.4 Å². The lowest BCUT2D eigenvalue weighted by Gasteiger charge is -2.05. The quantitative estimate of drug-likeness (QED) is 0.895. The van der Waals surface area contributed by atoms with E-state index < -0.39 is 0 Å². The first-order chi connectivity index (χ1) is 9.16. The molecule has 0 spiro atoms. The second-order valence-electron chi connectivity index (χ2n) is 4.59. The fraction of sp³-hybridized carbons (Fsp3) is 0.286. The molecule has 0 saturated heterocycles. The van der Waals surface area contributed by atoms with E-state index in [4.69, 9.17) is 0 Å². The van der Waals surface area contributed by atoms with Crippen molar-refractivity contribution in [2.75, 3.05) is 13.1 Å². The van der Waals surface area contributed by atoms with Crippen LogP contribution in [0, 0.1) is 19.7 Å². The average Bonchev–Trinajstić information content (AvgIpc) is 2.99. The first-order valence-electron chi connectivity index (χ1n) is 6.27. The number of aryl methyl sites for hydroxylation is 1. The summed E-state index contributed by atoms with van der Waals surface area (Å²) < 4.78 is 14.8. The Morgan fingerprint density at radius 3 is 2.58 bits per heavy atom. The van der Waals surface area contributed by atoms with Crippen LogP contribution in [0.25, 0.3) is 5.69 Å². The van der Waals surface area contributed by atoms with E-state index in [1.165, 1.54) is 12.1 Å². The molecule has 4 nitrogen and oxygen atoms in total. The zero-order chi connectivity index (χ0) is 13.4. The number of aromatic nitrogens is 2. The summed E-state index contributed by atoms with van der Waals surface area (Å²) in [4.78, 5) is 4.44. The summed E-state index contributed by atoms with van der Waals surface area (Å²) in [5.41, 5.74) is 3.83. The molecule has 0 aliphatic carbocycles. The van der Waals surface area contributed by atoms with E-state index in [0.717, 1.165) is 41.6 Å². The minimum absolute atomic E-state index is 0.243. The maximum atomic E-state index is 13.0. The molecule has 2 aromatic rings. The van der Waals surface area contributed by atoms with Gasteiger partial charge >= 0.3 is 0 Å². The highest BCUT2D eigenvalue weighted by molar-refractivity contribution is 6.01. The predicted molar refractivity (Wildman–Crippen MR) is 72.4 cm³/mol. The summed E-state index contributed by atoms with van der Waals surface area (Å²) in [6, 6.07) is 6.33. The van der Waals surface area contributed by atoms with Crippen molar-refractivity contribution < 1.29 is 4.39 Å². The first-order valence-corrected chi connectivity index (χ1v) is 6.27. The molecule has 2 heterocycles. The molecule has 1 aliphatic heterocycles. The molecule has 0 saturated carbocycles. The lowest BCUT2D eigenvalue weighted by molar-refractivity contribution is 0.627. The summed E-state index contributed by atoms with van der Waals surface area (Å²) in [6.07, 6.45) is 0. The third-order valence-electron chi connectivity index (χ3n) is 3.27. The largest absolute Gasteiger partial charge is 0.368 e. The van der Waals surface area contributed by atoms with Crippen LogP contribution in [0.5, 0.6) is 0 Å². The molecule has 1 aromatic carbocycles. The van der Waals surface area contributed by atoms with Gasteiger partial charge in [-0.2, -0.15) is 5.10 Å². The Bertz CT molecular complexity index is 640. The summed E-state index contributed by atoms with van der Waals surface area (Å²) in [7, 11) is 0. The van der Waals surface area contributed by atoms with Crippen LogP contribution in [0.3, 0.4) is 0 Å². The van der Waals surface area contributed by atoms with E-state index in [-0.39, 0.29) is 5.82 Å². The van der Waals surface area contributed by atoms with Gasteiger partial charge in [0, 0.05) is 6.54 Å². The van der Waals surface area contributed by atoms with Gasteiger partial charge < -0.3 is 5.32 Å². The molecule has 1 aliphatic rings. The highest BCUT2D eigenvalue weighted by Crippen LogP contribution is 2.19. The van der Waals surface area contributed by atoms with Crippen molar-refractivity contribution in [1.29, 1.82) is 0 Å². The molecule has 0 atom stereocenters. The van der Waals surface area contributed by atoms with Crippen molar-refractivity contribution in [2.24, 2.45) is 4.99 Å². The van der Waals surface area contributed by atoms with Gasteiger partial charge in [0.2, 0.25) is 0 Å². The molecule has 0 amide bonds. The normalized spacial score (nSPS) is 14.4. The van der Waals surface area contributed by atoms with E-state index in [9.17, 15) is 4.39 Å². The van der Waals surface area contributed by atoms with Gasteiger partial charge in [-0.05, 0) is 38.1 Å². The van der Waals surface area contributed by atoms with E-state index in [1.54, 1.807) is 12.1 Å². The van der Waals surface area contributed by atoms with Gasteiger partial charge in [0.05, 0.1) is 29.2 Å². The molecule has 1 N–H and O–H groups in total.